The molecule has 4 rings (SSSR count). The molecule has 16 heteroatoms. The van der Waals surface area contributed by atoms with Crippen molar-refractivity contribution in [1.82, 2.24) is 20.5 Å². The minimum Gasteiger partial charge on any atom is -0.478 e. The molecule has 2 aliphatic carbocycles. The summed E-state index contributed by atoms with van der Waals surface area (Å²) < 4.78 is 4.62. The van der Waals surface area contributed by atoms with Crippen molar-refractivity contribution in [3.63, 3.8) is 0 Å². The summed E-state index contributed by atoms with van der Waals surface area (Å²) in [5, 5.41) is 15.3. The molecule has 5 N–H and O–H groups in total. The van der Waals surface area contributed by atoms with Gasteiger partial charge in [-0.2, -0.15) is 0 Å². The molecule has 1 aromatic rings. The Balaban J connectivity index is 1.57. The molecule has 0 unspecified atom stereocenters. The second-order valence-corrected chi connectivity index (χ2v) is 17.5. The Kier molecular flexibility index (Phi) is 17.2. The molecule has 2 heterocycles. The number of esters is 1. The van der Waals surface area contributed by atoms with E-state index in [4.69, 9.17) is 5.73 Å². The van der Waals surface area contributed by atoms with E-state index in [-0.39, 0.29) is 60.2 Å². The maximum atomic E-state index is 14.5. The van der Waals surface area contributed by atoms with E-state index < -0.39 is 89.7 Å². The van der Waals surface area contributed by atoms with Gasteiger partial charge in [0.2, 0.25) is 23.6 Å². The highest BCUT2D eigenvalue weighted by atomic mass is 16.5. The van der Waals surface area contributed by atoms with Gasteiger partial charge in [-0.05, 0) is 61.8 Å². The predicted molar refractivity (Wildman–Crippen MR) is 218 cm³/mol. The first-order chi connectivity index (χ1) is 28.4. The van der Waals surface area contributed by atoms with Gasteiger partial charge in [-0.25, -0.2) is 9.59 Å². The Morgan fingerprint density at radius 2 is 1.57 bits per heavy atom. The van der Waals surface area contributed by atoms with Gasteiger partial charge in [-0.15, -0.1) is 0 Å². The molecule has 1 aliphatic heterocycles. The van der Waals surface area contributed by atoms with E-state index in [0.717, 1.165) is 68.5 Å². The van der Waals surface area contributed by atoms with Gasteiger partial charge in [0.25, 0.3) is 0 Å². The number of hydrogen-bond donors (Lipinski definition) is 4. The van der Waals surface area contributed by atoms with E-state index in [9.17, 15) is 48.3 Å². The van der Waals surface area contributed by atoms with Crippen LogP contribution in [0.2, 0.25) is 0 Å². The van der Waals surface area contributed by atoms with Crippen molar-refractivity contribution in [2.75, 3.05) is 13.7 Å². The van der Waals surface area contributed by atoms with Crippen LogP contribution in [0.25, 0.3) is 0 Å². The second-order valence-electron chi connectivity index (χ2n) is 17.5. The maximum absolute atomic E-state index is 14.5. The van der Waals surface area contributed by atoms with Crippen molar-refractivity contribution in [2.24, 2.45) is 34.8 Å². The van der Waals surface area contributed by atoms with Crippen LogP contribution in [0.1, 0.15) is 138 Å². The van der Waals surface area contributed by atoms with Crippen LogP contribution in [-0.2, 0) is 38.3 Å². The van der Waals surface area contributed by atoms with E-state index in [1.807, 2.05) is 0 Å². The number of carbonyl (C=O) groups excluding carboxylic acids is 8. The minimum absolute atomic E-state index is 0.0138. The largest absolute Gasteiger partial charge is 0.478 e. The summed E-state index contributed by atoms with van der Waals surface area (Å²) in [5.41, 5.74) is 4.36. The number of nitrogens with zero attached hydrogens (tertiary/aromatic N) is 2. The Hall–Kier alpha value is -5.28. The zero-order valence-electron chi connectivity index (χ0n) is 35.2. The average molecular weight is 836 g/mol. The normalized spacial score (nSPS) is 19.8. The predicted octanol–water partition coefficient (Wildman–Crippen LogP) is 3.89. The lowest BCUT2D eigenvalue weighted by atomic mass is 9.75. The van der Waals surface area contributed by atoms with Crippen LogP contribution in [0.3, 0.4) is 0 Å². The highest BCUT2D eigenvalue weighted by molar-refractivity contribution is 6.07. The summed E-state index contributed by atoms with van der Waals surface area (Å²) >= 11 is 0. The molecule has 0 spiro atoms. The minimum atomic E-state index is -1.36. The Morgan fingerprint density at radius 3 is 2.15 bits per heavy atom. The SMILES string of the molecule is COC(=O)/C=C/CC[C@H](CC(=O)c1cnccc1C(=O)O)C(=O)N[C@H](C(=O)N1CC(=O)C[C@H]1C(=O)N[C@H](C(=O)C[C@H](C(N)=O)C1CCCCC1)C1CCCCC1)C(C)(C)C. The summed E-state index contributed by atoms with van der Waals surface area (Å²) in [4.78, 5) is 125. The molecular formula is C44H61N5O11. The first-order valence-electron chi connectivity index (χ1n) is 21.1. The average Bonchev–Trinajstić information content (AvgIpc) is 3.63. The standard InChI is InChI=1S/C44H61N5O11/c1-44(2,3)38(48-40(55)28(17-11-12-18-36(53)60-4)21-34(51)32-24-46-20-19-30(32)43(58)59)42(57)49-25-29(50)22-33(49)41(56)47-37(27-15-9-6-10-16-27)35(52)23-31(39(45)54)26-13-7-5-8-14-26/h12,18-20,24,26-28,31,33,37-38H,5-11,13-17,21-23,25H2,1-4H3,(H2,45,54)(H,47,56)(H,48,55)(H,58,59)/b18-12+/t28-,31+,33+,37+,38-/m1/s1. The van der Waals surface area contributed by atoms with Crippen molar-refractivity contribution < 1.29 is 53.0 Å². The third kappa shape index (κ3) is 12.9. The molecule has 3 aliphatic rings. The third-order valence-electron chi connectivity index (χ3n) is 12.2. The number of ether oxygens (including phenoxy) is 1. The molecule has 2 saturated carbocycles. The quantitative estimate of drug-likeness (QED) is 0.0881. The van der Waals surface area contributed by atoms with Crippen molar-refractivity contribution in [2.45, 2.75) is 135 Å². The topological polar surface area (TPSA) is 249 Å². The number of allylic oxidation sites excluding steroid dienone is 1. The maximum Gasteiger partial charge on any atom is 0.336 e. The number of nitrogens with two attached hydrogens (primary N) is 1. The molecule has 60 heavy (non-hydrogen) atoms. The number of amides is 4. The zero-order chi connectivity index (χ0) is 44.1. The number of hydrogen-bond acceptors (Lipinski definition) is 11. The molecule has 0 radical (unpaired) electrons. The molecule has 0 aromatic carbocycles. The monoisotopic (exact) mass is 835 g/mol. The van der Waals surface area contributed by atoms with Gasteiger partial charge in [-0.1, -0.05) is 65.4 Å². The van der Waals surface area contributed by atoms with Crippen LogP contribution in [-0.4, -0.2) is 99.7 Å². The van der Waals surface area contributed by atoms with Gasteiger partial charge in [0.1, 0.15) is 12.1 Å². The molecule has 5 atom stereocenters. The van der Waals surface area contributed by atoms with Gasteiger partial charge in [0, 0.05) is 49.6 Å². The van der Waals surface area contributed by atoms with E-state index in [1.54, 1.807) is 20.8 Å². The number of carboxylic acids is 1. The number of methoxy groups -OCH3 is 1. The van der Waals surface area contributed by atoms with Gasteiger partial charge in [0.05, 0.1) is 30.8 Å². The summed E-state index contributed by atoms with van der Waals surface area (Å²) in [5.74, 6) is -7.99. The number of primary amides is 1. The van der Waals surface area contributed by atoms with Crippen LogP contribution < -0.4 is 16.4 Å². The number of carboxylic acid groups (broad SMARTS) is 1. The number of rotatable bonds is 19. The van der Waals surface area contributed by atoms with E-state index >= 15 is 0 Å². The van der Waals surface area contributed by atoms with Crippen LogP contribution in [0, 0.1) is 29.1 Å². The number of carbonyl (C=O) groups is 9. The molecule has 328 valence electrons. The fourth-order valence-corrected chi connectivity index (χ4v) is 8.80. The first kappa shape index (κ1) is 47.4. The lowest BCUT2D eigenvalue weighted by Crippen LogP contribution is -2.59. The van der Waals surface area contributed by atoms with Gasteiger partial charge >= 0.3 is 11.9 Å². The van der Waals surface area contributed by atoms with Gasteiger partial charge in [-0.3, -0.25) is 38.5 Å². The summed E-state index contributed by atoms with van der Waals surface area (Å²) in [6, 6.07) is -2.35. The molecule has 16 nitrogen and oxygen atoms in total. The fraction of sp³-hybridized carbons (Fsp3) is 0.636. The van der Waals surface area contributed by atoms with Crippen molar-refractivity contribution in [1.29, 1.82) is 0 Å². The second kappa shape index (κ2) is 21.8. The lowest BCUT2D eigenvalue weighted by Gasteiger charge is -2.37. The number of ketones is 3. The van der Waals surface area contributed by atoms with Crippen molar-refractivity contribution in [3.8, 4) is 0 Å². The highest BCUT2D eigenvalue weighted by Gasteiger charge is 2.46. The lowest BCUT2D eigenvalue weighted by molar-refractivity contribution is -0.145. The Labute approximate surface area is 351 Å². The molecule has 1 saturated heterocycles. The number of aromatic nitrogens is 1. The zero-order valence-corrected chi connectivity index (χ0v) is 35.2. The van der Waals surface area contributed by atoms with Crippen LogP contribution >= 0.6 is 0 Å². The van der Waals surface area contributed by atoms with Gasteiger partial charge < -0.3 is 31.1 Å². The molecular weight excluding hydrogens is 775 g/mol. The van der Waals surface area contributed by atoms with E-state index in [2.05, 4.69) is 20.4 Å². The number of likely N-dealkylation sites (tertiary alicyclic amines) is 1. The van der Waals surface area contributed by atoms with Crippen LogP contribution in [0.15, 0.2) is 30.6 Å². The number of Topliss-reactive ketones (excluding diaryl/α,β-unsaturated/α-hetero) is 3. The summed E-state index contributed by atoms with van der Waals surface area (Å²) in [7, 11) is 1.20. The summed E-state index contributed by atoms with van der Waals surface area (Å²) in [6.07, 6.45) is 12.9. The van der Waals surface area contributed by atoms with E-state index in [1.165, 1.54) is 25.4 Å². The molecule has 0 bridgehead atoms. The number of aromatic carboxylic acids is 1. The molecule has 1 aromatic heterocycles. The first-order valence-corrected chi connectivity index (χ1v) is 21.1. The van der Waals surface area contributed by atoms with Gasteiger partial charge in [0.15, 0.2) is 17.3 Å². The van der Waals surface area contributed by atoms with Crippen molar-refractivity contribution >= 4 is 52.9 Å². The summed E-state index contributed by atoms with van der Waals surface area (Å²) in [6.45, 7) is 4.66. The van der Waals surface area contributed by atoms with Crippen LogP contribution in [0.5, 0.6) is 0 Å². The Morgan fingerprint density at radius 1 is 0.933 bits per heavy atom. The molecule has 4 amide bonds. The third-order valence-corrected chi connectivity index (χ3v) is 12.2. The smallest absolute Gasteiger partial charge is 0.336 e. The number of pyridine rings is 1. The van der Waals surface area contributed by atoms with Crippen LogP contribution in [0.4, 0.5) is 0 Å². The van der Waals surface area contributed by atoms with E-state index in [0.29, 0.717) is 12.8 Å². The molecule has 3 fully saturated rings. The number of nitrogens with one attached hydrogen (secondary N) is 2. The fourth-order valence-electron chi connectivity index (χ4n) is 8.80. The highest BCUT2D eigenvalue weighted by Crippen LogP contribution is 2.34. The van der Waals surface area contributed by atoms with Crippen molar-refractivity contribution in [3.05, 3.63) is 41.7 Å². The Bertz CT molecular complexity index is 1810.